The quantitative estimate of drug-likeness (QED) is 0.736. The first-order valence-electron chi connectivity index (χ1n) is 6.97. The largest absolute Gasteiger partial charge is 0.308 e. The molecule has 0 saturated carbocycles. The summed E-state index contributed by atoms with van der Waals surface area (Å²) in [4.78, 5) is 14.3. The van der Waals surface area contributed by atoms with Crippen molar-refractivity contribution in [2.75, 3.05) is 4.90 Å². The lowest BCUT2D eigenvalue weighted by Crippen LogP contribution is -2.29. The van der Waals surface area contributed by atoms with E-state index in [0.29, 0.717) is 18.0 Å². The Morgan fingerprint density at radius 2 is 1.95 bits per heavy atom. The van der Waals surface area contributed by atoms with E-state index in [-0.39, 0.29) is 5.91 Å². The van der Waals surface area contributed by atoms with Crippen molar-refractivity contribution < 1.29 is 4.79 Å². The zero-order valence-corrected chi connectivity index (χ0v) is 13.8. The van der Waals surface area contributed by atoms with Gasteiger partial charge in [-0.1, -0.05) is 51.8 Å². The molecule has 21 heavy (non-hydrogen) atoms. The van der Waals surface area contributed by atoms with E-state index in [2.05, 4.69) is 22.0 Å². The number of hydrogen-bond donors (Lipinski definition) is 0. The first kappa shape index (κ1) is 14.6. The van der Waals surface area contributed by atoms with E-state index in [1.54, 1.807) is 0 Å². The van der Waals surface area contributed by atoms with E-state index in [1.807, 2.05) is 41.3 Å². The van der Waals surface area contributed by atoms with E-state index in [1.165, 1.54) is 5.56 Å². The number of aryl methyl sites for hydroxylation is 1. The number of benzene rings is 2. The van der Waals surface area contributed by atoms with Gasteiger partial charge in [-0.05, 0) is 42.2 Å². The zero-order chi connectivity index (χ0) is 14.8. The number of anilines is 1. The van der Waals surface area contributed by atoms with Crippen LogP contribution < -0.4 is 4.90 Å². The van der Waals surface area contributed by atoms with Crippen LogP contribution in [0.2, 0.25) is 5.02 Å². The van der Waals surface area contributed by atoms with Gasteiger partial charge in [0.05, 0.1) is 6.54 Å². The average molecular weight is 365 g/mol. The van der Waals surface area contributed by atoms with Crippen molar-refractivity contribution in [1.29, 1.82) is 0 Å². The minimum atomic E-state index is 0.166. The van der Waals surface area contributed by atoms with Gasteiger partial charge in [-0.2, -0.15) is 0 Å². The summed E-state index contributed by atoms with van der Waals surface area (Å²) in [6.07, 6.45) is 2.44. The lowest BCUT2D eigenvalue weighted by Gasteiger charge is -2.23. The predicted octanol–water partition coefficient (Wildman–Crippen LogP) is 4.97. The highest BCUT2D eigenvalue weighted by atomic mass is 79.9. The van der Waals surface area contributed by atoms with Gasteiger partial charge in [0.25, 0.3) is 0 Å². The van der Waals surface area contributed by atoms with Crippen molar-refractivity contribution in [2.24, 2.45) is 0 Å². The second-order valence-electron chi connectivity index (χ2n) is 5.20. The number of para-hydroxylation sites is 1. The van der Waals surface area contributed by atoms with E-state index >= 15 is 0 Å². The Kier molecular flexibility index (Phi) is 4.32. The highest BCUT2D eigenvalue weighted by Gasteiger charge is 2.22. The summed E-state index contributed by atoms with van der Waals surface area (Å²) < 4.78 is 0.943. The van der Waals surface area contributed by atoms with Crippen LogP contribution in [0.25, 0.3) is 0 Å². The van der Waals surface area contributed by atoms with Gasteiger partial charge in [0.15, 0.2) is 0 Å². The third-order valence-electron chi connectivity index (χ3n) is 3.76. The summed E-state index contributed by atoms with van der Waals surface area (Å²) in [5.74, 6) is 0.166. The second-order valence-corrected chi connectivity index (χ2v) is 6.52. The van der Waals surface area contributed by atoms with Crippen molar-refractivity contribution in [1.82, 2.24) is 0 Å². The SMILES string of the molecule is O=C1CCCc2ccccc2N1Cc1ccc(Br)cc1Cl. The molecule has 1 heterocycles. The molecule has 0 radical (unpaired) electrons. The smallest absolute Gasteiger partial charge is 0.227 e. The van der Waals surface area contributed by atoms with E-state index in [4.69, 9.17) is 11.6 Å². The molecule has 1 aliphatic rings. The number of halogens is 2. The summed E-state index contributed by atoms with van der Waals surface area (Å²) in [5, 5.41) is 0.680. The van der Waals surface area contributed by atoms with Gasteiger partial charge in [-0.15, -0.1) is 0 Å². The fraction of sp³-hybridized carbons (Fsp3) is 0.235. The van der Waals surface area contributed by atoms with Crippen molar-refractivity contribution >= 4 is 39.1 Å². The van der Waals surface area contributed by atoms with Crippen LogP contribution in [-0.2, 0) is 17.8 Å². The van der Waals surface area contributed by atoms with Gasteiger partial charge in [0.1, 0.15) is 0 Å². The fourth-order valence-corrected chi connectivity index (χ4v) is 3.41. The summed E-state index contributed by atoms with van der Waals surface area (Å²) >= 11 is 9.70. The Hall–Kier alpha value is -1.32. The maximum absolute atomic E-state index is 12.4. The number of nitrogens with zero attached hydrogens (tertiary/aromatic N) is 1. The number of rotatable bonds is 2. The van der Waals surface area contributed by atoms with E-state index in [0.717, 1.165) is 28.6 Å². The molecule has 0 fully saturated rings. The monoisotopic (exact) mass is 363 g/mol. The molecule has 2 aromatic carbocycles. The third kappa shape index (κ3) is 3.14. The lowest BCUT2D eigenvalue weighted by molar-refractivity contribution is -0.118. The normalized spacial score (nSPS) is 14.8. The fourth-order valence-electron chi connectivity index (χ4n) is 2.68. The number of hydrogen-bond acceptors (Lipinski definition) is 1. The molecule has 0 saturated heterocycles. The molecule has 0 bridgehead atoms. The van der Waals surface area contributed by atoms with Crippen LogP contribution in [0.4, 0.5) is 5.69 Å². The molecule has 0 spiro atoms. The zero-order valence-electron chi connectivity index (χ0n) is 11.5. The van der Waals surface area contributed by atoms with Gasteiger partial charge < -0.3 is 4.90 Å². The maximum Gasteiger partial charge on any atom is 0.227 e. The Labute approximate surface area is 137 Å². The van der Waals surface area contributed by atoms with Crippen molar-refractivity contribution in [3.8, 4) is 0 Å². The van der Waals surface area contributed by atoms with Crippen molar-refractivity contribution in [3.05, 3.63) is 63.1 Å². The molecule has 0 atom stereocenters. The van der Waals surface area contributed by atoms with Crippen LogP contribution in [0.15, 0.2) is 46.9 Å². The highest BCUT2D eigenvalue weighted by Crippen LogP contribution is 2.30. The van der Waals surface area contributed by atoms with Gasteiger partial charge in [-0.25, -0.2) is 0 Å². The molecule has 1 aliphatic heterocycles. The highest BCUT2D eigenvalue weighted by molar-refractivity contribution is 9.10. The third-order valence-corrected chi connectivity index (χ3v) is 4.61. The molecular weight excluding hydrogens is 350 g/mol. The van der Waals surface area contributed by atoms with Crippen molar-refractivity contribution in [3.63, 3.8) is 0 Å². The average Bonchev–Trinajstić information content (AvgIpc) is 2.62. The summed E-state index contributed by atoms with van der Waals surface area (Å²) in [6, 6.07) is 13.9. The number of carbonyl (C=O) groups excluding carboxylic acids is 1. The predicted molar refractivity (Wildman–Crippen MR) is 89.7 cm³/mol. The molecule has 0 N–H and O–H groups in total. The van der Waals surface area contributed by atoms with Crippen LogP contribution in [-0.4, -0.2) is 5.91 Å². The van der Waals surface area contributed by atoms with E-state index < -0.39 is 0 Å². The van der Waals surface area contributed by atoms with Crippen LogP contribution in [0.1, 0.15) is 24.0 Å². The molecule has 0 aromatic heterocycles. The van der Waals surface area contributed by atoms with Gasteiger partial charge in [0.2, 0.25) is 5.91 Å². The Bertz CT molecular complexity index is 686. The van der Waals surface area contributed by atoms with Crippen LogP contribution in [0.5, 0.6) is 0 Å². The molecule has 0 aliphatic carbocycles. The minimum Gasteiger partial charge on any atom is -0.308 e. The molecule has 2 aromatic rings. The topological polar surface area (TPSA) is 20.3 Å². The second kappa shape index (κ2) is 6.20. The molecule has 3 rings (SSSR count). The van der Waals surface area contributed by atoms with Crippen LogP contribution in [0, 0.1) is 0 Å². The molecule has 4 heteroatoms. The first-order valence-corrected chi connectivity index (χ1v) is 8.14. The number of carbonyl (C=O) groups is 1. The molecule has 1 amide bonds. The molecule has 0 unspecified atom stereocenters. The standard InChI is InChI=1S/C17H15BrClNO/c18-14-9-8-13(15(19)10-14)11-20-16-6-2-1-4-12(16)5-3-7-17(20)21/h1-2,4,6,8-10H,3,5,7,11H2. The summed E-state index contributed by atoms with van der Waals surface area (Å²) in [6.45, 7) is 0.516. The molecular formula is C17H15BrClNO. The lowest BCUT2D eigenvalue weighted by atomic mass is 10.1. The Balaban J connectivity index is 1.98. The minimum absolute atomic E-state index is 0.166. The summed E-state index contributed by atoms with van der Waals surface area (Å²) in [5.41, 5.74) is 3.21. The van der Waals surface area contributed by atoms with Gasteiger partial charge in [0, 0.05) is 21.6 Å². The van der Waals surface area contributed by atoms with Crippen LogP contribution >= 0.6 is 27.5 Å². The number of fused-ring (bicyclic) bond motifs is 1. The summed E-state index contributed by atoms with van der Waals surface area (Å²) in [7, 11) is 0. The first-order chi connectivity index (χ1) is 10.1. The maximum atomic E-state index is 12.4. The Morgan fingerprint density at radius 3 is 2.76 bits per heavy atom. The van der Waals surface area contributed by atoms with Crippen molar-refractivity contribution in [2.45, 2.75) is 25.8 Å². The molecule has 2 nitrogen and oxygen atoms in total. The van der Waals surface area contributed by atoms with Gasteiger partial charge >= 0.3 is 0 Å². The molecule has 108 valence electrons. The van der Waals surface area contributed by atoms with Gasteiger partial charge in [-0.3, -0.25) is 4.79 Å². The van der Waals surface area contributed by atoms with E-state index in [9.17, 15) is 4.79 Å². The Morgan fingerprint density at radius 1 is 1.14 bits per heavy atom. The number of amides is 1. The van der Waals surface area contributed by atoms with Crippen LogP contribution in [0.3, 0.4) is 0 Å².